The lowest BCUT2D eigenvalue weighted by atomic mass is 10.0. The summed E-state index contributed by atoms with van der Waals surface area (Å²) in [5.41, 5.74) is 5.54. The fraction of sp³-hybridized carbons (Fsp3) is 0.889. The average Bonchev–Trinajstić information content (AvgIpc) is 2.93. The van der Waals surface area contributed by atoms with Crippen molar-refractivity contribution < 1.29 is 0 Å². The summed E-state index contributed by atoms with van der Waals surface area (Å²) < 4.78 is 0. The molecule has 0 spiro atoms. The molecular formula is C36H72N2. The summed E-state index contributed by atoms with van der Waals surface area (Å²) in [5, 5.41) is 3.67. The van der Waals surface area contributed by atoms with Gasteiger partial charge in [-0.2, -0.15) is 0 Å². The van der Waals surface area contributed by atoms with Crippen molar-refractivity contribution in [1.29, 1.82) is 0 Å². The largest absolute Gasteiger partial charge is 0.330 e. The van der Waals surface area contributed by atoms with E-state index in [1.165, 1.54) is 186 Å². The van der Waals surface area contributed by atoms with E-state index < -0.39 is 0 Å². The van der Waals surface area contributed by atoms with E-state index in [4.69, 9.17) is 5.73 Å². The Bertz CT molecular complexity index is 456. The fourth-order valence-electron chi connectivity index (χ4n) is 5.23. The Kier molecular flexibility index (Phi) is 35.8. The van der Waals surface area contributed by atoms with Gasteiger partial charge in [0.05, 0.1) is 0 Å². The first kappa shape index (κ1) is 37.4. The molecule has 0 radical (unpaired) electrons. The Morgan fingerprint density at radius 1 is 0.395 bits per heavy atom. The molecule has 226 valence electrons. The van der Waals surface area contributed by atoms with Gasteiger partial charge in [-0.05, 0) is 71.0 Å². The van der Waals surface area contributed by atoms with Crippen molar-refractivity contribution in [3.63, 3.8) is 0 Å². The zero-order valence-corrected chi connectivity index (χ0v) is 26.3. The van der Waals surface area contributed by atoms with E-state index in [2.05, 4.69) is 36.5 Å². The van der Waals surface area contributed by atoms with Crippen LogP contribution in [0.4, 0.5) is 0 Å². The van der Waals surface area contributed by atoms with E-state index >= 15 is 0 Å². The number of hydrogen-bond acceptors (Lipinski definition) is 2. The van der Waals surface area contributed by atoms with Crippen LogP contribution >= 0.6 is 0 Å². The van der Waals surface area contributed by atoms with Crippen LogP contribution in [-0.2, 0) is 0 Å². The predicted molar refractivity (Wildman–Crippen MR) is 175 cm³/mol. The van der Waals surface area contributed by atoms with Gasteiger partial charge >= 0.3 is 0 Å². The first-order valence-corrected chi connectivity index (χ1v) is 17.6. The second-order valence-electron chi connectivity index (χ2n) is 11.8. The summed E-state index contributed by atoms with van der Waals surface area (Å²) in [6, 6.07) is 0. The molecule has 2 nitrogen and oxygen atoms in total. The Labute approximate surface area is 241 Å². The van der Waals surface area contributed by atoms with Crippen LogP contribution in [0.1, 0.15) is 187 Å². The number of allylic oxidation sites excluding steroid dienone is 4. The third kappa shape index (κ3) is 35.4. The van der Waals surface area contributed by atoms with Crippen molar-refractivity contribution in [3.8, 4) is 0 Å². The smallest absolute Gasteiger partial charge is 0.00489 e. The zero-order chi connectivity index (χ0) is 27.5. The molecule has 0 atom stereocenters. The molecule has 0 aromatic heterocycles. The van der Waals surface area contributed by atoms with Gasteiger partial charge in [0.1, 0.15) is 0 Å². The first-order valence-electron chi connectivity index (χ1n) is 17.6. The Balaban J connectivity index is 3.08. The van der Waals surface area contributed by atoms with Gasteiger partial charge in [-0.3, -0.25) is 0 Å². The van der Waals surface area contributed by atoms with E-state index in [1.54, 1.807) is 0 Å². The van der Waals surface area contributed by atoms with Crippen molar-refractivity contribution >= 4 is 0 Å². The van der Waals surface area contributed by atoms with E-state index in [0.717, 1.165) is 13.0 Å². The molecule has 0 saturated heterocycles. The first-order chi connectivity index (χ1) is 18.9. The quantitative estimate of drug-likeness (QED) is 0.0651. The highest BCUT2D eigenvalue weighted by Crippen LogP contribution is 2.14. The Morgan fingerprint density at radius 3 is 1.13 bits per heavy atom. The molecular weight excluding hydrogens is 460 g/mol. The van der Waals surface area contributed by atoms with Crippen molar-refractivity contribution in [2.75, 3.05) is 19.6 Å². The summed E-state index contributed by atoms with van der Waals surface area (Å²) in [7, 11) is 0. The third-order valence-electron chi connectivity index (χ3n) is 7.86. The van der Waals surface area contributed by atoms with Crippen molar-refractivity contribution in [2.24, 2.45) is 5.73 Å². The van der Waals surface area contributed by atoms with Gasteiger partial charge in [0, 0.05) is 0 Å². The molecule has 0 aliphatic rings. The molecule has 0 rings (SSSR count). The molecule has 0 unspecified atom stereocenters. The van der Waals surface area contributed by atoms with Crippen LogP contribution < -0.4 is 11.1 Å². The van der Waals surface area contributed by atoms with Gasteiger partial charge in [0.25, 0.3) is 0 Å². The minimum absolute atomic E-state index is 0.870. The molecule has 38 heavy (non-hydrogen) atoms. The average molecular weight is 533 g/mol. The minimum Gasteiger partial charge on any atom is -0.330 e. The van der Waals surface area contributed by atoms with E-state index in [0.29, 0.717) is 0 Å². The van der Waals surface area contributed by atoms with E-state index in [9.17, 15) is 0 Å². The number of rotatable bonds is 33. The molecule has 2 heteroatoms. The van der Waals surface area contributed by atoms with Gasteiger partial charge < -0.3 is 11.1 Å². The van der Waals surface area contributed by atoms with E-state index in [-0.39, 0.29) is 0 Å². The topological polar surface area (TPSA) is 38.0 Å². The molecule has 0 saturated carbocycles. The van der Waals surface area contributed by atoms with Crippen molar-refractivity contribution in [1.82, 2.24) is 5.32 Å². The number of unbranched alkanes of at least 4 members (excludes halogenated alkanes) is 24. The van der Waals surface area contributed by atoms with Crippen LogP contribution in [-0.4, -0.2) is 19.6 Å². The Morgan fingerprint density at radius 2 is 0.737 bits per heavy atom. The summed E-state index contributed by atoms with van der Waals surface area (Å²) in [4.78, 5) is 0. The van der Waals surface area contributed by atoms with Gasteiger partial charge in [0.15, 0.2) is 0 Å². The molecule has 0 fully saturated rings. The maximum atomic E-state index is 5.54. The molecule has 0 heterocycles. The second kappa shape index (κ2) is 36.4. The molecule has 0 aromatic rings. The number of nitrogens with one attached hydrogen (secondary N) is 1. The number of nitrogens with two attached hydrogens (primary N) is 1. The summed E-state index contributed by atoms with van der Waals surface area (Å²) in [6.07, 6.45) is 48.2. The van der Waals surface area contributed by atoms with E-state index in [1.807, 2.05) is 0 Å². The monoisotopic (exact) mass is 533 g/mol. The van der Waals surface area contributed by atoms with Gasteiger partial charge in [-0.1, -0.05) is 160 Å². The SMILES string of the molecule is CCCCCC=CCC=CCCCCCCCCNCCCCCCCCCCCCCCCCCCN. The standard InChI is InChI=1S/C36H72N2/c1-2-3-4-5-6-7-8-9-10-14-17-20-23-26-29-32-35-38-36-33-30-27-24-21-18-15-12-11-13-16-19-22-25-28-31-34-37/h6-7,9-10,38H,2-5,8,11-37H2,1H3. The lowest BCUT2D eigenvalue weighted by Crippen LogP contribution is -2.16. The van der Waals surface area contributed by atoms with Crippen LogP contribution in [0.2, 0.25) is 0 Å². The van der Waals surface area contributed by atoms with Crippen molar-refractivity contribution in [3.05, 3.63) is 24.3 Å². The normalized spacial score (nSPS) is 11.9. The van der Waals surface area contributed by atoms with Crippen molar-refractivity contribution in [2.45, 2.75) is 187 Å². The minimum atomic E-state index is 0.870. The summed E-state index contributed by atoms with van der Waals surface area (Å²) >= 11 is 0. The van der Waals surface area contributed by atoms with Crippen LogP contribution in [0.15, 0.2) is 24.3 Å². The van der Waals surface area contributed by atoms with Crippen LogP contribution in [0, 0.1) is 0 Å². The van der Waals surface area contributed by atoms with Crippen LogP contribution in [0.25, 0.3) is 0 Å². The van der Waals surface area contributed by atoms with Gasteiger partial charge in [-0.15, -0.1) is 0 Å². The molecule has 3 N–H and O–H groups in total. The molecule has 0 aliphatic carbocycles. The highest BCUT2D eigenvalue weighted by atomic mass is 14.8. The zero-order valence-electron chi connectivity index (χ0n) is 26.3. The highest BCUT2D eigenvalue weighted by Gasteiger charge is 1.96. The molecule has 0 amide bonds. The summed E-state index contributed by atoms with van der Waals surface area (Å²) in [6.45, 7) is 5.59. The molecule has 0 bridgehead atoms. The molecule has 0 aliphatic heterocycles. The molecule has 0 aromatic carbocycles. The highest BCUT2D eigenvalue weighted by molar-refractivity contribution is 4.92. The van der Waals surface area contributed by atoms with Crippen LogP contribution in [0.5, 0.6) is 0 Å². The lowest BCUT2D eigenvalue weighted by molar-refractivity contribution is 0.520. The van der Waals surface area contributed by atoms with Crippen LogP contribution in [0.3, 0.4) is 0 Å². The predicted octanol–water partition coefficient (Wildman–Crippen LogP) is 11.6. The second-order valence-corrected chi connectivity index (χ2v) is 11.8. The van der Waals surface area contributed by atoms with Gasteiger partial charge in [0.2, 0.25) is 0 Å². The third-order valence-corrected chi connectivity index (χ3v) is 7.86. The van der Waals surface area contributed by atoms with Gasteiger partial charge in [-0.25, -0.2) is 0 Å². The fourth-order valence-corrected chi connectivity index (χ4v) is 5.23. The lowest BCUT2D eigenvalue weighted by Gasteiger charge is -2.05. The number of hydrogen-bond donors (Lipinski definition) is 2. The summed E-state index contributed by atoms with van der Waals surface area (Å²) in [5.74, 6) is 0. The maximum absolute atomic E-state index is 5.54. The maximum Gasteiger partial charge on any atom is -0.00489 e. The Hall–Kier alpha value is -0.600.